The van der Waals surface area contributed by atoms with Crippen LogP contribution < -0.4 is 4.90 Å². The van der Waals surface area contributed by atoms with E-state index in [2.05, 4.69) is 55.2 Å². The third-order valence-electron chi connectivity index (χ3n) is 4.46. The molecule has 1 aliphatic heterocycles. The molecule has 0 bridgehead atoms. The lowest BCUT2D eigenvalue weighted by atomic mass is 10.0. The number of nitriles is 2. The molecule has 0 aromatic heterocycles. The Kier molecular flexibility index (Phi) is 4.36. The van der Waals surface area contributed by atoms with Crippen LogP contribution in [0.4, 0.5) is 5.69 Å². The highest BCUT2D eigenvalue weighted by Crippen LogP contribution is 2.34. The average Bonchev–Trinajstić information content (AvgIpc) is 3.04. The average molecular weight is 313 g/mol. The van der Waals surface area contributed by atoms with Gasteiger partial charge in [-0.1, -0.05) is 23.8 Å². The van der Waals surface area contributed by atoms with E-state index in [0.29, 0.717) is 0 Å². The van der Waals surface area contributed by atoms with E-state index in [0.717, 1.165) is 30.7 Å². The standard InChI is InChI=1S/C21H19N3/c1-3-24-20(8-7-18-10-15(2)4-9-21(18)24)12-16-5-6-17(11-16)19(13-22)14-23/h4,7-12H,3,5-6H2,1-2H3/b20-12+. The van der Waals surface area contributed by atoms with Crippen LogP contribution in [0.2, 0.25) is 0 Å². The fraction of sp³-hybridized carbons (Fsp3) is 0.238. The van der Waals surface area contributed by atoms with Crippen LogP contribution >= 0.6 is 0 Å². The van der Waals surface area contributed by atoms with Crippen LogP contribution in [0, 0.1) is 29.6 Å². The van der Waals surface area contributed by atoms with Crippen molar-refractivity contribution in [1.82, 2.24) is 0 Å². The van der Waals surface area contributed by atoms with Crippen molar-refractivity contribution in [1.29, 1.82) is 10.5 Å². The normalized spacial score (nSPS) is 17.3. The molecule has 1 aliphatic carbocycles. The third-order valence-corrected chi connectivity index (χ3v) is 4.46. The number of allylic oxidation sites excluding steroid dienone is 6. The number of rotatable bonds is 2. The summed E-state index contributed by atoms with van der Waals surface area (Å²) in [6.45, 7) is 5.15. The van der Waals surface area contributed by atoms with Crippen LogP contribution in [-0.4, -0.2) is 6.54 Å². The van der Waals surface area contributed by atoms with Crippen molar-refractivity contribution in [3.63, 3.8) is 0 Å². The Morgan fingerprint density at radius 3 is 2.71 bits per heavy atom. The first-order chi connectivity index (χ1) is 11.7. The summed E-state index contributed by atoms with van der Waals surface area (Å²) >= 11 is 0. The van der Waals surface area contributed by atoms with Crippen molar-refractivity contribution < 1.29 is 0 Å². The molecule has 24 heavy (non-hydrogen) atoms. The minimum Gasteiger partial charge on any atom is -0.341 e. The molecular weight excluding hydrogens is 294 g/mol. The number of benzene rings is 1. The molecule has 3 heteroatoms. The number of hydrogen-bond donors (Lipinski definition) is 0. The van der Waals surface area contributed by atoms with Crippen molar-refractivity contribution in [2.75, 3.05) is 11.4 Å². The van der Waals surface area contributed by atoms with Gasteiger partial charge in [0.05, 0.1) is 0 Å². The topological polar surface area (TPSA) is 50.8 Å². The van der Waals surface area contributed by atoms with E-state index >= 15 is 0 Å². The molecule has 0 atom stereocenters. The molecule has 1 aromatic rings. The molecule has 3 nitrogen and oxygen atoms in total. The minimum atomic E-state index is 0.232. The Labute approximate surface area is 143 Å². The first-order valence-electron chi connectivity index (χ1n) is 8.18. The molecule has 2 aliphatic rings. The number of likely N-dealkylation sites (N-methyl/N-ethyl adjacent to an activating group) is 1. The van der Waals surface area contributed by atoms with Gasteiger partial charge >= 0.3 is 0 Å². The first-order valence-corrected chi connectivity index (χ1v) is 8.18. The van der Waals surface area contributed by atoms with Crippen LogP contribution in [0.15, 0.2) is 58.8 Å². The van der Waals surface area contributed by atoms with Gasteiger partial charge in [0.1, 0.15) is 17.7 Å². The van der Waals surface area contributed by atoms with Crippen molar-refractivity contribution in [2.24, 2.45) is 0 Å². The molecule has 3 rings (SSSR count). The summed E-state index contributed by atoms with van der Waals surface area (Å²) in [6, 6.07) is 10.5. The van der Waals surface area contributed by atoms with Gasteiger partial charge in [0.2, 0.25) is 0 Å². The predicted molar refractivity (Wildman–Crippen MR) is 96.9 cm³/mol. The molecular formula is C21H19N3. The van der Waals surface area contributed by atoms with Crippen LogP contribution in [0.3, 0.4) is 0 Å². The Balaban J connectivity index is 1.97. The van der Waals surface area contributed by atoms with Crippen LogP contribution in [-0.2, 0) is 0 Å². The number of hydrogen-bond acceptors (Lipinski definition) is 3. The van der Waals surface area contributed by atoms with Gasteiger partial charge in [-0.25, -0.2) is 0 Å². The van der Waals surface area contributed by atoms with Gasteiger partial charge in [-0.3, -0.25) is 0 Å². The van der Waals surface area contributed by atoms with Crippen molar-refractivity contribution >= 4 is 11.8 Å². The van der Waals surface area contributed by atoms with Gasteiger partial charge in [-0.15, -0.1) is 0 Å². The van der Waals surface area contributed by atoms with Gasteiger partial charge < -0.3 is 4.90 Å². The maximum atomic E-state index is 9.01. The zero-order valence-electron chi connectivity index (χ0n) is 14.0. The molecule has 0 radical (unpaired) electrons. The largest absolute Gasteiger partial charge is 0.341 e. The second-order valence-corrected chi connectivity index (χ2v) is 6.05. The monoisotopic (exact) mass is 313 g/mol. The molecule has 0 spiro atoms. The van der Waals surface area contributed by atoms with Crippen LogP contribution in [0.1, 0.15) is 30.9 Å². The summed E-state index contributed by atoms with van der Waals surface area (Å²) in [7, 11) is 0. The highest BCUT2D eigenvalue weighted by Gasteiger charge is 2.18. The number of aryl methyl sites for hydroxylation is 1. The summed E-state index contributed by atoms with van der Waals surface area (Å²) in [5, 5.41) is 18.0. The fourth-order valence-corrected chi connectivity index (χ4v) is 3.25. The lowest BCUT2D eigenvalue weighted by Crippen LogP contribution is -2.23. The van der Waals surface area contributed by atoms with E-state index in [9.17, 15) is 0 Å². The van der Waals surface area contributed by atoms with E-state index in [-0.39, 0.29) is 5.57 Å². The zero-order valence-corrected chi connectivity index (χ0v) is 14.0. The maximum absolute atomic E-state index is 9.01. The second-order valence-electron chi connectivity index (χ2n) is 6.05. The Hall–Kier alpha value is -3.04. The quantitative estimate of drug-likeness (QED) is 0.737. The van der Waals surface area contributed by atoms with E-state index in [1.807, 2.05) is 18.2 Å². The highest BCUT2D eigenvalue weighted by molar-refractivity contribution is 5.77. The second kappa shape index (κ2) is 6.60. The molecule has 1 heterocycles. The summed E-state index contributed by atoms with van der Waals surface area (Å²) in [5.74, 6) is 0. The number of nitrogens with zero attached hydrogens (tertiary/aromatic N) is 3. The summed E-state index contributed by atoms with van der Waals surface area (Å²) in [5.41, 5.74) is 7.13. The van der Waals surface area contributed by atoms with Gasteiger partial charge in [-0.05, 0) is 67.7 Å². The summed E-state index contributed by atoms with van der Waals surface area (Å²) in [6.07, 6.45) is 10.1. The minimum absolute atomic E-state index is 0.232. The van der Waals surface area contributed by atoms with Gasteiger partial charge in [0, 0.05) is 17.9 Å². The molecule has 1 aromatic carbocycles. The van der Waals surface area contributed by atoms with E-state index in [1.165, 1.54) is 22.4 Å². The van der Waals surface area contributed by atoms with Crippen molar-refractivity contribution in [2.45, 2.75) is 26.7 Å². The molecule has 118 valence electrons. The summed E-state index contributed by atoms with van der Waals surface area (Å²) in [4.78, 5) is 2.30. The van der Waals surface area contributed by atoms with E-state index in [4.69, 9.17) is 10.5 Å². The lowest BCUT2D eigenvalue weighted by molar-refractivity contribution is 0.961. The smallest absolute Gasteiger partial charge is 0.132 e. The molecule has 0 N–H and O–H groups in total. The predicted octanol–water partition coefficient (Wildman–Crippen LogP) is 4.80. The SMILES string of the molecule is CCN1/C(=C/C2=CC(=C(C#N)C#N)CC2)C=Cc2cc(C)ccc21. The van der Waals surface area contributed by atoms with Crippen molar-refractivity contribution in [3.8, 4) is 12.1 Å². The number of fused-ring (bicyclic) bond motifs is 1. The maximum Gasteiger partial charge on any atom is 0.132 e. The van der Waals surface area contributed by atoms with Crippen molar-refractivity contribution in [3.05, 3.63) is 70.0 Å². The first kappa shape index (κ1) is 15.8. The van der Waals surface area contributed by atoms with Gasteiger partial charge in [0.15, 0.2) is 0 Å². The zero-order chi connectivity index (χ0) is 17.1. The number of anilines is 1. The Bertz CT molecular complexity index is 867. The molecule has 0 saturated heterocycles. The molecule has 0 fully saturated rings. The Morgan fingerprint density at radius 2 is 2.00 bits per heavy atom. The Morgan fingerprint density at radius 1 is 1.21 bits per heavy atom. The van der Waals surface area contributed by atoms with Gasteiger partial charge in [-0.2, -0.15) is 10.5 Å². The summed E-state index contributed by atoms with van der Waals surface area (Å²) < 4.78 is 0. The lowest BCUT2D eigenvalue weighted by Gasteiger charge is -2.29. The molecule has 0 amide bonds. The highest BCUT2D eigenvalue weighted by atomic mass is 15.1. The van der Waals surface area contributed by atoms with E-state index < -0.39 is 0 Å². The fourth-order valence-electron chi connectivity index (χ4n) is 3.25. The third kappa shape index (κ3) is 2.90. The van der Waals surface area contributed by atoms with Crippen LogP contribution in [0.25, 0.3) is 6.08 Å². The molecule has 0 unspecified atom stereocenters. The van der Waals surface area contributed by atoms with E-state index in [1.54, 1.807) is 0 Å². The molecule has 0 saturated carbocycles. The van der Waals surface area contributed by atoms with Gasteiger partial charge in [0.25, 0.3) is 0 Å². The van der Waals surface area contributed by atoms with Crippen LogP contribution in [0.5, 0.6) is 0 Å².